The minimum atomic E-state index is -0.280. The second-order valence-electron chi connectivity index (χ2n) is 5.16. The second kappa shape index (κ2) is 6.65. The van der Waals surface area contributed by atoms with Crippen LogP contribution in [0, 0.1) is 0 Å². The number of aryl methyl sites for hydroxylation is 1. The topological polar surface area (TPSA) is 84.0 Å². The van der Waals surface area contributed by atoms with Gasteiger partial charge in [0.1, 0.15) is 5.01 Å². The molecule has 1 aromatic carbocycles. The molecule has 1 saturated carbocycles. The largest absolute Gasteiger partial charge is 0.353 e. The van der Waals surface area contributed by atoms with E-state index in [0.29, 0.717) is 34.6 Å². The molecule has 0 radical (unpaired) electrons. The highest BCUT2D eigenvalue weighted by Gasteiger charge is 2.23. The first-order valence-electron chi connectivity index (χ1n) is 7.19. The van der Waals surface area contributed by atoms with E-state index in [1.165, 1.54) is 11.3 Å². The number of hydrogen-bond donors (Lipinski definition) is 2. The van der Waals surface area contributed by atoms with E-state index in [2.05, 4.69) is 20.8 Å². The summed E-state index contributed by atoms with van der Waals surface area (Å²) in [5.74, 6) is -0.245. The summed E-state index contributed by atoms with van der Waals surface area (Å²) in [6.07, 6.45) is 3.04. The Bertz CT molecular complexity index is 667. The maximum atomic E-state index is 12.0. The van der Waals surface area contributed by atoms with Crippen LogP contribution in [-0.4, -0.2) is 28.1 Å². The Morgan fingerprint density at radius 2 is 1.95 bits per heavy atom. The van der Waals surface area contributed by atoms with Crippen molar-refractivity contribution in [2.24, 2.45) is 0 Å². The van der Waals surface area contributed by atoms with E-state index in [0.717, 1.165) is 12.8 Å². The molecule has 1 aromatic heterocycles. The summed E-state index contributed by atoms with van der Waals surface area (Å²) in [6.45, 7) is 0. The van der Waals surface area contributed by atoms with Gasteiger partial charge in [-0.15, -0.1) is 10.2 Å². The van der Waals surface area contributed by atoms with E-state index >= 15 is 0 Å². The zero-order chi connectivity index (χ0) is 15.4. The van der Waals surface area contributed by atoms with Crippen molar-refractivity contribution in [1.29, 1.82) is 0 Å². The van der Waals surface area contributed by atoms with Crippen molar-refractivity contribution in [2.75, 3.05) is 5.32 Å². The molecule has 1 heterocycles. The van der Waals surface area contributed by atoms with Crippen LogP contribution in [0.25, 0.3) is 0 Å². The minimum absolute atomic E-state index is 0.0352. The summed E-state index contributed by atoms with van der Waals surface area (Å²) >= 11 is 1.22. The van der Waals surface area contributed by atoms with E-state index < -0.39 is 0 Å². The normalized spacial score (nSPS) is 13.6. The number of benzene rings is 1. The number of hydrogen-bond acceptors (Lipinski definition) is 5. The highest BCUT2D eigenvalue weighted by molar-refractivity contribution is 7.13. The minimum Gasteiger partial charge on any atom is -0.353 e. The van der Waals surface area contributed by atoms with Gasteiger partial charge in [-0.3, -0.25) is 9.59 Å². The molecule has 114 valence electrons. The van der Waals surface area contributed by atoms with Crippen LogP contribution >= 0.6 is 11.3 Å². The van der Waals surface area contributed by atoms with Crippen molar-refractivity contribution in [3.8, 4) is 0 Å². The Labute approximate surface area is 132 Å². The van der Waals surface area contributed by atoms with Gasteiger partial charge in [0.25, 0.3) is 5.91 Å². The zero-order valence-electron chi connectivity index (χ0n) is 11.9. The number of rotatable bonds is 6. The first-order chi connectivity index (χ1) is 10.7. The smallest absolute Gasteiger partial charge is 0.286 e. The molecule has 1 aliphatic carbocycles. The maximum absolute atomic E-state index is 12.0. The molecule has 22 heavy (non-hydrogen) atoms. The summed E-state index contributed by atoms with van der Waals surface area (Å²) in [4.78, 5) is 23.7. The fourth-order valence-corrected chi connectivity index (χ4v) is 2.63. The molecule has 2 amide bonds. The van der Waals surface area contributed by atoms with Crippen LogP contribution in [0.3, 0.4) is 0 Å². The van der Waals surface area contributed by atoms with Crippen molar-refractivity contribution < 1.29 is 9.59 Å². The van der Waals surface area contributed by atoms with Gasteiger partial charge in [-0.05, 0) is 25.0 Å². The lowest BCUT2D eigenvalue weighted by atomic mass is 10.3. The van der Waals surface area contributed by atoms with Crippen LogP contribution in [0.2, 0.25) is 0 Å². The number of anilines is 1. The van der Waals surface area contributed by atoms with E-state index in [1.807, 2.05) is 30.3 Å². The van der Waals surface area contributed by atoms with Gasteiger partial charge in [-0.2, -0.15) is 0 Å². The summed E-state index contributed by atoms with van der Waals surface area (Å²) in [6, 6.07) is 9.56. The van der Waals surface area contributed by atoms with Gasteiger partial charge in [-0.1, -0.05) is 29.5 Å². The lowest BCUT2D eigenvalue weighted by molar-refractivity contribution is -0.121. The first-order valence-corrected chi connectivity index (χ1v) is 8.00. The van der Waals surface area contributed by atoms with Crippen molar-refractivity contribution in [1.82, 2.24) is 15.5 Å². The average Bonchev–Trinajstić information content (AvgIpc) is 3.20. The molecule has 1 fully saturated rings. The summed E-state index contributed by atoms with van der Waals surface area (Å²) in [5, 5.41) is 14.6. The van der Waals surface area contributed by atoms with Crippen LogP contribution in [-0.2, 0) is 11.2 Å². The van der Waals surface area contributed by atoms with E-state index in [4.69, 9.17) is 0 Å². The highest BCUT2D eigenvalue weighted by atomic mass is 32.1. The highest BCUT2D eigenvalue weighted by Crippen LogP contribution is 2.19. The monoisotopic (exact) mass is 316 g/mol. The van der Waals surface area contributed by atoms with Gasteiger partial charge in [0.2, 0.25) is 10.9 Å². The number of carbonyl (C=O) groups is 2. The molecule has 0 aliphatic heterocycles. The predicted molar refractivity (Wildman–Crippen MR) is 83.8 cm³/mol. The Kier molecular flexibility index (Phi) is 4.43. The van der Waals surface area contributed by atoms with Crippen LogP contribution in [0.15, 0.2) is 30.3 Å². The van der Waals surface area contributed by atoms with Gasteiger partial charge < -0.3 is 10.6 Å². The fourth-order valence-electron chi connectivity index (χ4n) is 1.90. The van der Waals surface area contributed by atoms with Crippen LogP contribution in [0.4, 0.5) is 5.69 Å². The Hall–Kier alpha value is -2.28. The van der Waals surface area contributed by atoms with Crippen LogP contribution in [0.5, 0.6) is 0 Å². The molecule has 0 unspecified atom stereocenters. The second-order valence-corrected chi connectivity index (χ2v) is 6.22. The Balaban J connectivity index is 1.51. The summed E-state index contributed by atoms with van der Waals surface area (Å²) in [7, 11) is 0. The standard InChI is InChI=1S/C15H16N4O2S/c20-12(16-11-6-7-11)8-9-13-18-19-15(22-13)14(21)17-10-4-2-1-3-5-10/h1-5,11H,6-9H2,(H,16,20)(H,17,21). The first kappa shape index (κ1) is 14.6. The van der Waals surface area contributed by atoms with Crippen molar-refractivity contribution >= 4 is 28.8 Å². The molecule has 2 N–H and O–H groups in total. The fraction of sp³-hybridized carbons (Fsp3) is 0.333. The molecule has 6 nitrogen and oxygen atoms in total. The van der Waals surface area contributed by atoms with Gasteiger partial charge in [0, 0.05) is 24.6 Å². The quantitative estimate of drug-likeness (QED) is 0.854. The van der Waals surface area contributed by atoms with Crippen molar-refractivity contribution in [3.63, 3.8) is 0 Å². The molecule has 2 aromatic rings. The number of nitrogens with one attached hydrogen (secondary N) is 2. The molecular weight excluding hydrogens is 300 g/mol. The number of nitrogens with zero attached hydrogens (tertiary/aromatic N) is 2. The molecule has 0 atom stereocenters. The SMILES string of the molecule is O=C(CCc1nnc(C(=O)Nc2ccccc2)s1)NC1CC1. The number of carbonyl (C=O) groups excluding carboxylic acids is 2. The van der Waals surface area contributed by atoms with Crippen LogP contribution in [0.1, 0.15) is 34.1 Å². The average molecular weight is 316 g/mol. The Morgan fingerprint density at radius 3 is 2.68 bits per heavy atom. The molecule has 0 saturated heterocycles. The third-order valence-corrected chi connectivity index (χ3v) is 4.18. The lowest BCUT2D eigenvalue weighted by Gasteiger charge is -2.01. The van der Waals surface area contributed by atoms with E-state index in [-0.39, 0.29) is 11.8 Å². The number of para-hydroxylation sites is 1. The third kappa shape index (κ3) is 4.11. The van der Waals surface area contributed by atoms with E-state index in [9.17, 15) is 9.59 Å². The van der Waals surface area contributed by atoms with Crippen molar-refractivity contribution in [2.45, 2.75) is 31.7 Å². The van der Waals surface area contributed by atoms with Crippen LogP contribution < -0.4 is 10.6 Å². The number of aromatic nitrogens is 2. The molecule has 3 rings (SSSR count). The molecular formula is C15H16N4O2S. The van der Waals surface area contributed by atoms with E-state index in [1.54, 1.807) is 0 Å². The lowest BCUT2D eigenvalue weighted by Crippen LogP contribution is -2.25. The maximum Gasteiger partial charge on any atom is 0.286 e. The molecule has 7 heteroatoms. The zero-order valence-corrected chi connectivity index (χ0v) is 12.7. The van der Waals surface area contributed by atoms with Gasteiger partial charge in [-0.25, -0.2) is 0 Å². The van der Waals surface area contributed by atoms with Crippen molar-refractivity contribution in [3.05, 3.63) is 40.3 Å². The molecule has 0 spiro atoms. The summed E-state index contributed by atoms with van der Waals surface area (Å²) < 4.78 is 0. The Morgan fingerprint density at radius 1 is 1.18 bits per heavy atom. The van der Waals surface area contributed by atoms with Gasteiger partial charge in [0.05, 0.1) is 0 Å². The molecule has 1 aliphatic rings. The number of amides is 2. The predicted octanol–water partition coefficient (Wildman–Crippen LogP) is 2.00. The summed E-state index contributed by atoms with van der Waals surface area (Å²) in [5.41, 5.74) is 0.716. The third-order valence-electron chi connectivity index (χ3n) is 3.20. The van der Waals surface area contributed by atoms with Gasteiger partial charge in [0.15, 0.2) is 0 Å². The molecule has 0 bridgehead atoms. The van der Waals surface area contributed by atoms with Gasteiger partial charge >= 0.3 is 0 Å².